The Balaban J connectivity index is 2.25. The standard InChI is InChI=1S/C34H62/c1-17-18-20(4)28-27(19(2)3)31(9,10)29-21(5)25-23(7)33(13,14)34(15,16)24(8)26(25)22(6)30(29)32(28,11)12/h17-30H,1-16H3/b18-17-. The summed E-state index contributed by atoms with van der Waals surface area (Å²) in [6.07, 6.45) is 4.84. The zero-order valence-corrected chi connectivity index (χ0v) is 26.1. The van der Waals surface area contributed by atoms with Gasteiger partial charge in [-0.3, -0.25) is 0 Å². The minimum atomic E-state index is 0.340. The summed E-state index contributed by atoms with van der Waals surface area (Å²) in [5.74, 6) is 9.16. The van der Waals surface area contributed by atoms with Crippen LogP contribution in [0.1, 0.15) is 111 Å². The summed E-state index contributed by atoms with van der Waals surface area (Å²) in [6.45, 7) is 41.6. The molecule has 11 unspecified atom stereocenters. The summed E-state index contributed by atoms with van der Waals surface area (Å²) in [5, 5.41) is 0. The molecule has 0 bridgehead atoms. The van der Waals surface area contributed by atoms with Crippen molar-refractivity contribution in [2.45, 2.75) is 111 Å². The molecule has 0 aromatic heterocycles. The molecular formula is C34H62. The zero-order valence-electron chi connectivity index (χ0n) is 26.1. The van der Waals surface area contributed by atoms with E-state index in [-0.39, 0.29) is 0 Å². The normalized spacial score (nSPS) is 47.8. The topological polar surface area (TPSA) is 0 Å². The van der Waals surface area contributed by atoms with Crippen LogP contribution in [0.15, 0.2) is 12.2 Å². The molecule has 0 heteroatoms. The first-order valence-electron chi connectivity index (χ1n) is 14.9. The van der Waals surface area contributed by atoms with Crippen molar-refractivity contribution in [3.63, 3.8) is 0 Å². The molecule has 0 spiro atoms. The van der Waals surface area contributed by atoms with E-state index in [4.69, 9.17) is 0 Å². The molecule has 0 aromatic carbocycles. The molecule has 0 heterocycles. The van der Waals surface area contributed by atoms with E-state index >= 15 is 0 Å². The molecular weight excluding hydrogens is 408 g/mol. The van der Waals surface area contributed by atoms with Crippen LogP contribution in [0.25, 0.3) is 0 Å². The highest BCUT2D eigenvalue weighted by Gasteiger charge is 2.69. The van der Waals surface area contributed by atoms with Crippen LogP contribution in [0, 0.1) is 92.7 Å². The van der Waals surface area contributed by atoms with Crippen molar-refractivity contribution < 1.29 is 0 Å². The fourth-order valence-corrected chi connectivity index (χ4v) is 11.9. The molecule has 0 N–H and O–H groups in total. The van der Waals surface area contributed by atoms with E-state index in [9.17, 15) is 0 Å². The van der Waals surface area contributed by atoms with Gasteiger partial charge in [-0.15, -0.1) is 0 Å². The van der Waals surface area contributed by atoms with E-state index in [1.54, 1.807) is 0 Å². The predicted molar refractivity (Wildman–Crippen MR) is 152 cm³/mol. The predicted octanol–water partition coefficient (Wildman–Crippen LogP) is 10.2. The van der Waals surface area contributed by atoms with Gasteiger partial charge in [-0.2, -0.15) is 0 Å². The summed E-state index contributed by atoms with van der Waals surface area (Å²) in [5.41, 5.74) is 1.42. The number of hydrogen-bond donors (Lipinski definition) is 0. The molecule has 3 aliphatic rings. The Kier molecular flexibility index (Phi) is 7.21. The Morgan fingerprint density at radius 1 is 0.588 bits per heavy atom. The first-order valence-corrected chi connectivity index (χ1v) is 14.9. The summed E-state index contributed by atoms with van der Waals surface area (Å²) < 4.78 is 0. The monoisotopic (exact) mass is 470 g/mol. The molecule has 3 aliphatic carbocycles. The third-order valence-corrected chi connectivity index (χ3v) is 13.9. The molecule has 198 valence electrons. The van der Waals surface area contributed by atoms with Crippen LogP contribution in [-0.4, -0.2) is 0 Å². The second-order valence-corrected chi connectivity index (χ2v) is 16.3. The molecule has 0 nitrogen and oxygen atoms in total. The Labute approximate surface area is 215 Å². The largest absolute Gasteiger partial charge is 0.0914 e. The SMILES string of the molecule is C/C=C\C(C)C1C(C(C)C)C(C)(C)C2C(C)C3C(C(C)C2C1(C)C)C(C)C(C)(C)C(C)(C)C3C. The lowest BCUT2D eigenvalue weighted by Crippen LogP contribution is -2.68. The van der Waals surface area contributed by atoms with Gasteiger partial charge in [-0.05, 0) is 99.6 Å². The van der Waals surface area contributed by atoms with Gasteiger partial charge in [-0.1, -0.05) is 116 Å². The number of allylic oxidation sites excluding steroid dienone is 2. The molecule has 11 atom stereocenters. The van der Waals surface area contributed by atoms with Gasteiger partial charge in [0.1, 0.15) is 0 Å². The number of rotatable bonds is 3. The zero-order chi connectivity index (χ0) is 26.3. The van der Waals surface area contributed by atoms with Crippen LogP contribution in [0.4, 0.5) is 0 Å². The number of hydrogen-bond acceptors (Lipinski definition) is 0. The van der Waals surface area contributed by atoms with Gasteiger partial charge in [-0.25, -0.2) is 0 Å². The van der Waals surface area contributed by atoms with Crippen LogP contribution in [-0.2, 0) is 0 Å². The third-order valence-electron chi connectivity index (χ3n) is 13.9. The van der Waals surface area contributed by atoms with Gasteiger partial charge in [0.25, 0.3) is 0 Å². The fourth-order valence-electron chi connectivity index (χ4n) is 11.9. The maximum absolute atomic E-state index is 2.70. The molecule has 3 rings (SSSR count). The average Bonchev–Trinajstić information content (AvgIpc) is 2.68. The number of fused-ring (bicyclic) bond motifs is 2. The first kappa shape index (κ1) is 28.3. The van der Waals surface area contributed by atoms with Crippen molar-refractivity contribution in [1.29, 1.82) is 0 Å². The summed E-state index contributed by atoms with van der Waals surface area (Å²) in [7, 11) is 0. The molecule has 34 heavy (non-hydrogen) atoms. The highest BCUT2D eigenvalue weighted by Crippen LogP contribution is 2.74. The molecule has 0 saturated heterocycles. The van der Waals surface area contributed by atoms with Gasteiger partial charge in [0.05, 0.1) is 0 Å². The second kappa shape index (κ2) is 8.65. The van der Waals surface area contributed by atoms with Gasteiger partial charge in [0.15, 0.2) is 0 Å². The Bertz CT molecular complexity index is 761. The lowest BCUT2D eigenvalue weighted by atomic mass is 9.31. The van der Waals surface area contributed by atoms with Crippen LogP contribution >= 0.6 is 0 Å². The summed E-state index contributed by atoms with van der Waals surface area (Å²) in [4.78, 5) is 0. The van der Waals surface area contributed by atoms with Gasteiger partial charge < -0.3 is 0 Å². The van der Waals surface area contributed by atoms with Gasteiger partial charge in [0.2, 0.25) is 0 Å². The maximum Gasteiger partial charge on any atom is -0.0226 e. The fraction of sp³-hybridized carbons (Fsp3) is 0.941. The third kappa shape index (κ3) is 3.56. The van der Waals surface area contributed by atoms with E-state index in [0.29, 0.717) is 33.5 Å². The van der Waals surface area contributed by atoms with Crippen molar-refractivity contribution in [2.24, 2.45) is 92.7 Å². The lowest BCUT2D eigenvalue weighted by Gasteiger charge is -2.73. The minimum absolute atomic E-state index is 0.340. The maximum atomic E-state index is 2.70. The van der Waals surface area contributed by atoms with Crippen molar-refractivity contribution in [3.05, 3.63) is 12.2 Å². The van der Waals surface area contributed by atoms with Crippen LogP contribution < -0.4 is 0 Å². The van der Waals surface area contributed by atoms with Crippen molar-refractivity contribution in [2.75, 3.05) is 0 Å². The van der Waals surface area contributed by atoms with Crippen LogP contribution in [0.5, 0.6) is 0 Å². The Hall–Kier alpha value is -0.260. The average molecular weight is 471 g/mol. The van der Waals surface area contributed by atoms with E-state index in [1.165, 1.54) is 0 Å². The molecule has 0 aromatic rings. The molecule has 0 amide bonds. The van der Waals surface area contributed by atoms with Crippen molar-refractivity contribution in [3.8, 4) is 0 Å². The van der Waals surface area contributed by atoms with E-state index in [1.807, 2.05) is 0 Å². The lowest BCUT2D eigenvalue weighted by molar-refractivity contribution is -0.257. The Morgan fingerprint density at radius 3 is 1.26 bits per heavy atom. The van der Waals surface area contributed by atoms with Gasteiger partial charge in [0, 0.05) is 0 Å². The Morgan fingerprint density at radius 2 is 0.941 bits per heavy atom. The molecule has 0 aliphatic heterocycles. The van der Waals surface area contributed by atoms with Gasteiger partial charge >= 0.3 is 0 Å². The van der Waals surface area contributed by atoms with Crippen molar-refractivity contribution >= 4 is 0 Å². The van der Waals surface area contributed by atoms with E-state index < -0.39 is 0 Å². The second-order valence-electron chi connectivity index (χ2n) is 16.3. The molecule has 0 radical (unpaired) electrons. The van der Waals surface area contributed by atoms with E-state index in [2.05, 4.69) is 123 Å². The summed E-state index contributed by atoms with van der Waals surface area (Å²) in [6, 6.07) is 0. The highest BCUT2D eigenvalue weighted by molar-refractivity contribution is 5.17. The molecule has 3 fully saturated rings. The van der Waals surface area contributed by atoms with Crippen molar-refractivity contribution in [1.82, 2.24) is 0 Å². The quantitative estimate of drug-likeness (QED) is 0.360. The van der Waals surface area contributed by atoms with Crippen LogP contribution in [0.2, 0.25) is 0 Å². The van der Waals surface area contributed by atoms with Crippen LogP contribution in [0.3, 0.4) is 0 Å². The smallest absolute Gasteiger partial charge is 0.0226 e. The van der Waals surface area contributed by atoms with E-state index in [0.717, 1.165) is 59.2 Å². The highest BCUT2D eigenvalue weighted by atomic mass is 14.7. The first-order chi connectivity index (χ1) is 15.3. The summed E-state index contributed by atoms with van der Waals surface area (Å²) >= 11 is 0. The minimum Gasteiger partial charge on any atom is -0.0914 e. The molecule has 3 saturated carbocycles.